The lowest BCUT2D eigenvalue weighted by molar-refractivity contribution is -0.136. The zero-order chi connectivity index (χ0) is 20.7. The van der Waals surface area contributed by atoms with Crippen molar-refractivity contribution in [3.05, 3.63) is 11.3 Å². The normalized spacial score (nSPS) is 22.7. The molecule has 0 aromatic carbocycles. The Morgan fingerprint density at radius 2 is 1.70 bits per heavy atom. The van der Waals surface area contributed by atoms with E-state index >= 15 is 0 Å². The molecule has 0 N–H and O–H groups in total. The molecule has 2 aliphatic heterocycles. The predicted octanol–water partition coefficient (Wildman–Crippen LogP) is 3.48. The van der Waals surface area contributed by atoms with Crippen LogP contribution in [0.2, 0.25) is 0 Å². The van der Waals surface area contributed by atoms with Gasteiger partial charge in [0.05, 0.1) is 12.2 Å². The van der Waals surface area contributed by atoms with Gasteiger partial charge in [-0.05, 0) is 32.6 Å². The van der Waals surface area contributed by atoms with Crippen molar-refractivity contribution in [2.45, 2.75) is 83.2 Å². The van der Waals surface area contributed by atoms with Gasteiger partial charge in [0.1, 0.15) is 17.9 Å². The van der Waals surface area contributed by atoms with Crippen LogP contribution in [0.4, 0.5) is 10.7 Å². The van der Waals surface area contributed by atoms with E-state index in [2.05, 4.69) is 15.0 Å². The molecule has 0 atom stereocenters. The van der Waals surface area contributed by atoms with E-state index in [4.69, 9.17) is 4.52 Å². The number of anilines is 1. The molecule has 30 heavy (non-hydrogen) atoms. The molecule has 8 nitrogen and oxygen atoms in total. The minimum atomic E-state index is -0.226. The van der Waals surface area contributed by atoms with Crippen molar-refractivity contribution in [2.75, 3.05) is 24.5 Å². The molecule has 0 spiro atoms. The van der Waals surface area contributed by atoms with Gasteiger partial charge in [-0.25, -0.2) is 4.79 Å². The Kier molecular flexibility index (Phi) is 5.25. The van der Waals surface area contributed by atoms with Gasteiger partial charge in [-0.3, -0.25) is 19.6 Å². The lowest BCUT2D eigenvalue weighted by Crippen LogP contribution is -2.56. The lowest BCUT2D eigenvalue weighted by atomic mass is 9.88. The van der Waals surface area contributed by atoms with E-state index in [0.29, 0.717) is 42.6 Å². The van der Waals surface area contributed by atoms with Crippen LogP contribution in [-0.4, -0.2) is 64.4 Å². The first-order valence-electron chi connectivity index (χ1n) is 11.6. The standard InChI is InChI=1S/C22H31N5O3/c1-15-19-20-23-12-13-25(20)22(29)26(21(19)30-24-15)14-18(28)27(16-8-4-2-5-9-16)17-10-6-3-7-11-17/h16-17H,2-14H2,1H3. The zero-order valence-corrected chi connectivity index (χ0v) is 17.8. The summed E-state index contributed by atoms with van der Waals surface area (Å²) >= 11 is 0. The van der Waals surface area contributed by atoms with Gasteiger partial charge in [0.15, 0.2) is 0 Å². The zero-order valence-electron chi connectivity index (χ0n) is 17.8. The van der Waals surface area contributed by atoms with Crippen molar-refractivity contribution in [2.24, 2.45) is 4.99 Å². The third-order valence-corrected chi connectivity index (χ3v) is 7.13. The number of aromatic nitrogens is 1. The van der Waals surface area contributed by atoms with Crippen LogP contribution in [0.1, 0.15) is 75.5 Å². The minimum Gasteiger partial charge on any atom is -0.337 e. The molecular formula is C22H31N5O3. The number of aliphatic imine (C=N–C) groups is 1. The van der Waals surface area contributed by atoms with E-state index in [1.807, 2.05) is 6.92 Å². The maximum atomic E-state index is 13.7. The second kappa shape index (κ2) is 8.04. The summed E-state index contributed by atoms with van der Waals surface area (Å²) in [4.78, 5) is 36.7. The highest BCUT2D eigenvalue weighted by atomic mass is 16.5. The van der Waals surface area contributed by atoms with Crippen LogP contribution in [0.3, 0.4) is 0 Å². The molecule has 3 heterocycles. The molecule has 2 saturated carbocycles. The Morgan fingerprint density at radius 1 is 1.07 bits per heavy atom. The Balaban J connectivity index is 1.42. The molecule has 1 aromatic rings. The van der Waals surface area contributed by atoms with Gasteiger partial charge < -0.3 is 9.42 Å². The number of amides is 3. The summed E-state index contributed by atoms with van der Waals surface area (Å²) in [6.45, 7) is 2.98. The quantitative estimate of drug-likeness (QED) is 0.757. The molecule has 0 saturated heterocycles. The fourth-order valence-corrected chi connectivity index (χ4v) is 5.66. The fraction of sp³-hybridized carbons (Fsp3) is 0.727. The number of nitrogens with zero attached hydrogens (tertiary/aromatic N) is 5. The first kappa shape index (κ1) is 19.6. The summed E-state index contributed by atoms with van der Waals surface area (Å²) in [7, 11) is 0. The smallest absolute Gasteiger partial charge is 0.333 e. The molecule has 2 fully saturated rings. The van der Waals surface area contributed by atoms with E-state index < -0.39 is 0 Å². The molecule has 3 amide bonds. The second-order valence-corrected chi connectivity index (χ2v) is 9.06. The SMILES string of the molecule is Cc1noc2c1C1=NCCN1C(=O)N2CC(=O)N(C1CCCCC1)C1CCCCC1. The summed E-state index contributed by atoms with van der Waals surface area (Å²) in [5.74, 6) is 1.05. The Bertz CT molecular complexity index is 833. The number of carbonyl (C=O) groups is 2. The van der Waals surface area contributed by atoms with Crippen molar-refractivity contribution in [3.8, 4) is 0 Å². The second-order valence-electron chi connectivity index (χ2n) is 9.06. The van der Waals surface area contributed by atoms with E-state index in [9.17, 15) is 9.59 Å². The van der Waals surface area contributed by atoms with Gasteiger partial charge in [0, 0.05) is 18.6 Å². The number of fused-ring (bicyclic) bond motifs is 3. The van der Waals surface area contributed by atoms with Gasteiger partial charge in [-0.15, -0.1) is 0 Å². The van der Waals surface area contributed by atoms with E-state index in [1.165, 1.54) is 43.4 Å². The molecule has 0 unspecified atom stereocenters. The van der Waals surface area contributed by atoms with Crippen LogP contribution in [0, 0.1) is 6.92 Å². The lowest BCUT2D eigenvalue weighted by Gasteiger charge is -2.43. The molecule has 162 valence electrons. The fourth-order valence-electron chi connectivity index (χ4n) is 5.66. The number of urea groups is 1. The van der Waals surface area contributed by atoms with Crippen LogP contribution in [0.15, 0.2) is 9.52 Å². The highest BCUT2D eigenvalue weighted by Crippen LogP contribution is 2.34. The molecular weight excluding hydrogens is 382 g/mol. The highest BCUT2D eigenvalue weighted by molar-refractivity contribution is 6.20. The number of amidine groups is 1. The maximum Gasteiger partial charge on any atom is 0.333 e. The van der Waals surface area contributed by atoms with Gasteiger partial charge in [-0.1, -0.05) is 43.7 Å². The van der Waals surface area contributed by atoms with E-state index in [0.717, 1.165) is 31.2 Å². The van der Waals surface area contributed by atoms with Crippen LogP contribution in [0.25, 0.3) is 0 Å². The molecule has 5 rings (SSSR count). The predicted molar refractivity (Wildman–Crippen MR) is 113 cm³/mol. The largest absolute Gasteiger partial charge is 0.337 e. The number of aryl methyl sites for hydroxylation is 1. The minimum absolute atomic E-state index is 0.0112. The maximum absolute atomic E-state index is 13.7. The first-order valence-corrected chi connectivity index (χ1v) is 11.6. The number of rotatable bonds is 4. The van der Waals surface area contributed by atoms with Gasteiger partial charge in [-0.2, -0.15) is 0 Å². The van der Waals surface area contributed by atoms with Gasteiger partial charge in [0.25, 0.3) is 0 Å². The third-order valence-electron chi connectivity index (χ3n) is 7.13. The molecule has 0 bridgehead atoms. The van der Waals surface area contributed by atoms with Crippen LogP contribution in [-0.2, 0) is 4.79 Å². The van der Waals surface area contributed by atoms with Gasteiger partial charge in [0.2, 0.25) is 11.8 Å². The van der Waals surface area contributed by atoms with Crippen LogP contribution < -0.4 is 4.90 Å². The average molecular weight is 414 g/mol. The van der Waals surface area contributed by atoms with Crippen molar-refractivity contribution in [3.63, 3.8) is 0 Å². The molecule has 8 heteroatoms. The summed E-state index contributed by atoms with van der Waals surface area (Å²) in [5.41, 5.74) is 1.46. The van der Waals surface area contributed by atoms with Crippen molar-refractivity contribution in [1.82, 2.24) is 15.0 Å². The Hall–Kier alpha value is -2.38. The Morgan fingerprint density at radius 3 is 2.33 bits per heavy atom. The number of hydrogen-bond donors (Lipinski definition) is 0. The number of carbonyl (C=O) groups excluding carboxylic acids is 2. The van der Waals surface area contributed by atoms with Gasteiger partial charge >= 0.3 is 6.03 Å². The average Bonchev–Trinajstić information content (AvgIpc) is 3.40. The van der Waals surface area contributed by atoms with Crippen molar-refractivity contribution < 1.29 is 14.1 Å². The third kappa shape index (κ3) is 3.30. The summed E-state index contributed by atoms with van der Waals surface area (Å²) in [6.07, 6.45) is 11.5. The molecule has 0 radical (unpaired) electrons. The summed E-state index contributed by atoms with van der Waals surface area (Å²) in [6, 6.07) is 0.374. The summed E-state index contributed by atoms with van der Waals surface area (Å²) in [5, 5.41) is 4.07. The first-order chi connectivity index (χ1) is 14.6. The van der Waals surface area contributed by atoms with E-state index in [1.54, 1.807) is 4.90 Å². The Labute approximate surface area is 177 Å². The topological polar surface area (TPSA) is 82.2 Å². The van der Waals surface area contributed by atoms with Crippen molar-refractivity contribution in [1.29, 1.82) is 0 Å². The van der Waals surface area contributed by atoms with Crippen LogP contribution >= 0.6 is 0 Å². The van der Waals surface area contributed by atoms with E-state index in [-0.39, 0.29) is 18.5 Å². The highest BCUT2D eigenvalue weighted by Gasteiger charge is 2.43. The van der Waals surface area contributed by atoms with Crippen LogP contribution in [0.5, 0.6) is 0 Å². The number of hydrogen-bond acceptors (Lipinski definition) is 5. The monoisotopic (exact) mass is 413 g/mol. The van der Waals surface area contributed by atoms with Crippen molar-refractivity contribution >= 4 is 23.7 Å². The summed E-state index contributed by atoms with van der Waals surface area (Å²) < 4.78 is 5.53. The molecule has 4 aliphatic rings. The molecule has 2 aliphatic carbocycles. The molecule has 1 aromatic heterocycles.